The normalized spacial score (nSPS) is 10.3. The largest absolute Gasteiger partial charge is 0.462 e. The molecule has 0 aliphatic rings. The van der Waals surface area contributed by atoms with Crippen molar-refractivity contribution in [3.05, 3.63) is 70.8 Å². The van der Waals surface area contributed by atoms with Gasteiger partial charge in [-0.25, -0.2) is 4.79 Å². The summed E-state index contributed by atoms with van der Waals surface area (Å²) in [5, 5.41) is 0. The van der Waals surface area contributed by atoms with Crippen molar-refractivity contribution < 1.29 is 14.3 Å². The molecule has 2 rings (SSSR count). The van der Waals surface area contributed by atoms with Crippen LogP contribution in [0, 0.1) is 6.92 Å². The van der Waals surface area contributed by atoms with Crippen molar-refractivity contribution in [2.45, 2.75) is 26.7 Å². The Morgan fingerprint density at radius 3 is 2.32 bits per heavy atom. The smallest absolute Gasteiger partial charge is 0.338 e. The number of Topliss-reactive ketones (excluding diaryl/α,β-unsaturated/α-hetero) is 1. The van der Waals surface area contributed by atoms with Crippen LogP contribution in [0.3, 0.4) is 0 Å². The van der Waals surface area contributed by atoms with Crippen LogP contribution < -0.4 is 0 Å². The van der Waals surface area contributed by atoms with Crippen molar-refractivity contribution in [2.24, 2.45) is 0 Å². The highest BCUT2D eigenvalue weighted by molar-refractivity contribution is 5.97. The number of carbonyl (C=O) groups excluding carboxylic acids is 2. The van der Waals surface area contributed by atoms with E-state index in [4.69, 9.17) is 4.74 Å². The molecule has 0 unspecified atom stereocenters. The Morgan fingerprint density at radius 1 is 1.00 bits per heavy atom. The van der Waals surface area contributed by atoms with E-state index in [1.165, 1.54) is 5.56 Å². The Hall–Kier alpha value is -2.42. The van der Waals surface area contributed by atoms with Gasteiger partial charge in [0.15, 0.2) is 5.78 Å². The number of ketones is 1. The van der Waals surface area contributed by atoms with Crippen LogP contribution in [0.25, 0.3) is 0 Å². The zero-order valence-corrected chi connectivity index (χ0v) is 13.0. The monoisotopic (exact) mass is 296 g/mol. The molecule has 0 bridgehead atoms. The van der Waals surface area contributed by atoms with Gasteiger partial charge >= 0.3 is 5.97 Å². The summed E-state index contributed by atoms with van der Waals surface area (Å²) >= 11 is 0. The Labute approximate surface area is 130 Å². The molecular formula is C19H20O3. The van der Waals surface area contributed by atoms with E-state index in [9.17, 15) is 9.59 Å². The van der Waals surface area contributed by atoms with Crippen molar-refractivity contribution in [1.82, 2.24) is 0 Å². The van der Waals surface area contributed by atoms with Crippen molar-refractivity contribution in [2.75, 3.05) is 6.61 Å². The van der Waals surface area contributed by atoms with Crippen LogP contribution in [0.5, 0.6) is 0 Å². The minimum atomic E-state index is -0.360. The van der Waals surface area contributed by atoms with Crippen LogP contribution in [0.2, 0.25) is 0 Å². The van der Waals surface area contributed by atoms with Gasteiger partial charge in [-0.1, -0.05) is 42.0 Å². The number of carbonyl (C=O) groups is 2. The lowest BCUT2D eigenvalue weighted by Gasteiger charge is -2.05. The van der Waals surface area contributed by atoms with Crippen LogP contribution in [-0.2, 0) is 11.2 Å². The number of esters is 1. The van der Waals surface area contributed by atoms with E-state index < -0.39 is 0 Å². The first-order valence-corrected chi connectivity index (χ1v) is 7.46. The fraction of sp³-hybridized carbons (Fsp3) is 0.263. The Balaban J connectivity index is 1.96. The fourth-order valence-corrected chi connectivity index (χ4v) is 2.28. The molecule has 0 saturated heterocycles. The summed E-state index contributed by atoms with van der Waals surface area (Å²) in [4.78, 5) is 23.8. The molecule has 0 amide bonds. The quantitative estimate of drug-likeness (QED) is 0.598. The molecule has 0 aromatic heterocycles. The number of ether oxygens (including phenoxy) is 1. The lowest BCUT2D eigenvalue weighted by Crippen LogP contribution is -2.06. The first kappa shape index (κ1) is 16.0. The van der Waals surface area contributed by atoms with E-state index in [0.29, 0.717) is 24.2 Å². The van der Waals surface area contributed by atoms with Gasteiger partial charge in [0.25, 0.3) is 0 Å². The number of rotatable bonds is 6. The molecule has 3 nitrogen and oxygen atoms in total. The maximum Gasteiger partial charge on any atom is 0.338 e. The number of benzene rings is 2. The van der Waals surface area contributed by atoms with Crippen molar-refractivity contribution in [1.29, 1.82) is 0 Å². The lowest BCUT2D eigenvalue weighted by molar-refractivity contribution is 0.0526. The first-order valence-electron chi connectivity index (χ1n) is 7.46. The topological polar surface area (TPSA) is 43.4 Å². The molecule has 0 fully saturated rings. The van der Waals surface area contributed by atoms with Crippen LogP contribution in [0.15, 0.2) is 48.5 Å². The third kappa shape index (κ3) is 4.29. The van der Waals surface area contributed by atoms with Gasteiger partial charge in [-0.2, -0.15) is 0 Å². The fourth-order valence-electron chi connectivity index (χ4n) is 2.28. The number of hydrogen-bond donors (Lipinski definition) is 0. The molecule has 2 aromatic rings. The van der Waals surface area contributed by atoms with Crippen LogP contribution in [-0.4, -0.2) is 18.4 Å². The van der Waals surface area contributed by atoms with Gasteiger partial charge in [0.2, 0.25) is 0 Å². The lowest BCUT2D eigenvalue weighted by atomic mass is 10.0. The van der Waals surface area contributed by atoms with Crippen LogP contribution in [0.4, 0.5) is 0 Å². The van der Waals surface area contributed by atoms with Crippen molar-refractivity contribution in [3.63, 3.8) is 0 Å². The first-order chi connectivity index (χ1) is 10.6. The molecule has 2 aromatic carbocycles. The van der Waals surface area contributed by atoms with Gasteiger partial charge in [0.1, 0.15) is 0 Å². The summed E-state index contributed by atoms with van der Waals surface area (Å²) in [6, 6.07) is 14.8. The molecule has 0 radical (unpaired) electrons. The molecular weight excluding hydrogens is 276 g/mol. The van der Waals surface area contributed by atoms with E-state index >= 15 is 0 Å². The Bertz CT molecular complexity index is 657. The zero-order chi connectivity index (χ0) is 15.9. The molecule has 0 atom stereocenters. The highest BCUT2D eigenvalue weighted by Crippen LogP contribution is 2.12. The summed E-state index contributed by atoms with van der Waals surface area (Å²) in [5.74, 6) is -0.279. The van der Waals surface area contributed by atoms with Gasteiger partial charge < -0.3 is 4.74 Å². The minimum Gasteiger partial charge on any atom is -0.462 e. The summed E-state index contributed by atoms with van der Waals surface area (Å²) in [6.45, 7) is 4.15. The average Bonchev–Trinajstić information content (AvgIpc) is 2.53. The van der Waals surface area contributed by atoms with Gasteiger partial charge in [-0.3, -0.25) is 4.79 Å². The van der Waals surface area contributed by atoms with E-state index in [1.54, 1.807) is 31.2 Å². The number of hydrogen-bond acceptors (Lipinski definition) is 3. The van der Waals surface area contributed by atoms with Gasteiger partial charge in [0, 0.05) is 12.0 Å². The molecule has 0 N–H and O–H groups in total. The molecule has 0 heterocycles. The Morgan fingerprint density at radius 2 is 1.68 bits per heavy atom. The molecule has 114 valence electrons. The second-order valence-corrected chi connectivity index (χ2v) is 5.21. The molecule has 0 spiro atoms. The molecule has 3 heteroatoms. The predicted molar refractivity (Wildman–Crippen MR) is 86.2 cm³/mol. The Kier molecular flexibility index (Phi) is 5.48. The molecule has 0 saturated carbocycles. The predicted octanol–water partition coefficient (Wildman–Crippen LogP) is 3.99. The highest BCUT2D eigenvalue weighted by atomic mass is 16.5. The summed E-state index contributed by atoms with van der Waals surface area (Å²) in [5.41, 5.74) is 3.46. The molecule has 22 heavy (non-hydrogen) atoms. The van der Waals surface area contributed by atoms with Gasteiger partial charge in [-0.05, 0) is 38.0 Å². The van der Waals surface area contributed by atoms with E-state index in [-0.39, 0.29) is 11.8 Å². The maximum absolute atomic E-state index is 12.2. The van der Waals surface area contributed by atoms with Crippen molar-refractivity contribution in [3.8, 4) is 0 Å². The van der Waals surface area contributed by atoms with E-state index in [0.717, 1.165) is 12.0 Å². The summed E-state index contributed by atoms with van der Waals surface area (Å²) < 4.78 is 4.92. The average molecular weight is 296 g/mol. The second kappa shape index (κ2) is 7.55. The van der Waals surface area contributed by atoms with E-state index in [2.05, 4.69) is 6.07 Å². The molecule has 0 aliphatic carbocycles. The minimum absolute atomic E-state index is 0.0805. The third-order valence-corrected chi connectivity index (χ3v) is 3.44. The zero-order valence-electron chi connectivity index (χ0n) is 13.0. The van der Waals surface area contributed by atoms with E-state index in [1.807, 2.05) is 25.1 Å². The SMILES string of the molecule is CCOC(=O)c1ccc(C(=O)CCc2cccc(C)c2)cc1. The van der Waals surface area contributed by atoms with Crippen LogP contribution in [0.1, 0.15) is 45.2 Å². The van der Waals surface area contributed by atoms with Crippen molar-refractivity contribution >= 4 is 11.8 Å². The molecule has 0 aliphatic heterocycles. The van der Waals surface area contributed by atoms with Gasteiger partial charge in [0.05, 0.1) is 12.2 Å². The van der Waals surface area contributed by atoms with Crippen LogP contribution >= 0.6 is 0 Å². The van der Waals surface area contributed by atoms with Gasteiger partial charge in [-0.15, -0.1) is 0 Å². The maximum atomic E-state index is 12.2. The summed E-state index contributed by atoms with van der Waals surface area (Å²) in [6.07, 6.45) is 1.18. The number of aryl methyl sites for hydroxylation is 2. The summed E-state index contributed by atoms with van der Waals surface area (Å²) in [7, 11) is 0. The third-order valence-electron chi connectivity index (χ3n) is 3.44. The highest BCUT2D eigenvalue weighted by Gasteiger charge is 2.09. The standard InChI is InChI=1S/C19H20O3/c1-3-22-19(21)17-10-8-16(9-11-17)18(20)12-7-15-6-4-5-14(2)13-15/h4-6,8-11,13H,3,7,12H2,1-2H3. The second-order valence-electron chi connectivity index (χ2n) is 5.21.